The predicted molar refractivity (Wildman–Crippen MR) is 75.9 cm³/mol. The van der Waals surface area contributed by atoms with E-state index in [1.54, 1.807) is 0 Å². The van der Waals surface area contributed by atoms with E-state index >= 15 is 0 Å². The molecule has 2 unspecified atom stereocenters. The number of aryl methyl sites for hydroxylation is 3. The van der Waals surface area contributed by atoms with E-state index in [4.69, 9.17) is 4.74 Å². The van der Waals surface area contributed by atoms with Gasteiger partial charge < -0.3 is 10.1 Å². The van der Waals surface area contributed by atoms with Crippen LogP contribution in [0.5, 0.6) is 0 Å². The van der Waals surface area contributed by atoms with Gasteiger partial charge >= 0.3 is 0 Å². The van der Waals surface area contributed by atoms with Crippen LogP contribution in [0.2, 0.25) is 0 Å². The molecule has 1 N–H and O–H groups in total. The molecule has 1 aromatic rings. The highest BCUT2D eigenvalue weighted by Crippen LogP contribution is 2.21. The number of benzene rings is 1. The van der Waals surface area contributed by atoms with Crippen molar-refractivity contribution in [1.29, 1.82) is 0 Å². The smallest absolute Gasteiger partial charge is 0.0729 e. The van der Waals surface area contributed by atoms with E-state index in [0.29, 0.717) is 12.0 Å². The second-order valence-electron chi connectivity index (χ2n) is 5.70. The summed E-state index contributed by atoms with van der Waals surface area (Å²) < 4.78 is 6.12. The van der Waals surface area contributed by atoms with Crippen LogP contribution in [0.4, 0.5) is 0 Å². The molecule has 1 fully saturated rings. The molecule has 100 valence electrons. The normalized spacial score (nSPS) is 24.2. The lowest BCUT2D eigenvalue weighted by molar-refractivity contribution is -0.00696. The Bertz CT molecular complexity index is 391. The Hall–Kier alpha value is -0.860. The monoisotopic (exact) mass is 247 g/mol. The Morgan fingerprint density at radius 3 is 2.50 bits per heavy atom. The van der Waals surface area contributed by atoms with Crippen molar-refractivity contribution in [3.8, 4) is 0 Å². The van der Waals surface area contributed by atoms with E-state index in [2.05, 4.69) is 45.1 Å². The summed E-state index contributed by atoms with van der Waals surface area (Å²) in [6, 6.07) is 4.49. The second-order valence-corrected chi connectivity index (χ2v) is 5.70. The van der Waals surface area contributed by atoms with Crippen LogP contribution in [0, 0.1) is 26.7 Å². The quantitative estimate of drug-likeness (QED) is 0.886. The molecule has 2 rings (SSSR count). The third kappa shape index (κ3) is 3.12. The predicted octanol–water partition coefficient (Wildman–Crippen LogP) is 3.13. The van der Waals surface area contributed by atoms with Crippen molar-refractivity contribution in [2.45, 2.75) is 46.8 Å². The minimum Gasteiger partial charge on any atom is -0.372 e. The van der Waals surface area contributed by atoms with Crippen LogP contribution in [-0.2, 0) is 11.3 Å². The fourth-order valence-corrected chi connectivity index (χ4v) is 2.81. The molecule has 18 heavy (non-hydrogen) atoms. The molecule has 0 saturated carbocycles. The van der Waals surface area contributed by atoms with Gasteiger partial charge in [0.05, 0.1) is 12.7 Å². The first-order valence-corrected chi connectivity index (χ1v) is 6.97. The first-order valence-electron chi connectivity index (χ1n) is 6.97. The molecular formula is C16H25NO. The van der Waals surface area contributed by atoms with Gasteiger partial charge in [0.15, 0.2) is 0 Å². The van der Waals surface area contributed by atoms with Crippen molar-refractivity contribution in [3.63, 3.8) is 0 Å². The zero-order valence-corrected chi connectivity index (χ0v) is 12.0. The van der Waals surface area contributed by atoms with Crippen LogP contribution in [0.15, 0.2) is 12.1 Å². The summed E-state index contributed by atoms with van der Waals surface area (Å²) in [5.41, 5.74) is 5.40. The maximum absolute atomic E-state index is 6.12. The number of nitrogens with one attached hydrogen (secondary N) is 1. The lowest BCUT2D eigenvalue weighted by atomic mass is 9.96. The number of piperidine rings is 1. The maximum Gasteiger partial charge on any atom is 0.0729 e. The summed E-state index contributed by atoms with van der Waals surface area (Å²) in [6.45, 7) is 11.7. The molecule has 1 aliphatic heterocycles. The van der Waals surface area contributed by atoms with Crippen LogP contribution in [0.25, 0.3) is 0 Å². The maximum atomic E-state index is 6.12. The van der Waals surface area contributed by atoms with Gasteiger partial charge in [-0.25, -0.2) is 0 Å². The van der Waals surface area contributed by atoms with Crippen molar-refractivity contribution in [2.75, 3.05) is 13.1 Å². The Morgan fingerprint density at radius 1 is 1.22 bits per heavy atom. The number of hydrogen-bond donors (Lipinski definition) is 1. The van der Waals surface area contributed by atoms with Crippen LogP contribution >= 0.6 is 0 Å². The highest BCUT2D eigenvalue weighted by Gasteiger charge is 2.21. The summed E-state index contributed by atoms with van der Waals surface area (Å²) in [7, 11) is 0. The molecule has 0 spiro atoms. The van der Waals surface area contributed by atoms with Crippen LogP contribution in [-0.4, -0.2) is 19.2 Å². The van der Waals surface area contributed by atoms with Crippen molar-refractivity contribution in [3.05, 3.63) is 34.4 Å². The topological polar surface area (TPSA) is 21.3 Å². The minimum atomic E-state index is 0.360. The minimum absolute atomic E-state index is 0.360. The van der Waals surface area contributed by atoms with Gasteiger partial charge in [0.2, 0.25) is 0 Å². The van der Waals surface area contributed by atoms with Crippen LogP contribution in [0.3, 0.4) is 0 Å². The molecule has 1 saturated heterocycles. The molecule has 1 aliphatic rings. The molecule has 1 aromatic carbocycles. The molecule has 0 aromatic heterocycles. The number of ether oxygens (including phenoxy) is 1. The Balaban J connectivity index is 2.01. The molecule has 1 heterocycles. The Labute approximate surface area is 111 Å². The summed E-state index contributed by atoms with van der Waals surface area (Å²) in [4.78, 5) is 0. The molecule has 0 radical (unpaired) electrons. The van der Waals surface area contributed by atoms with Crippen molar-refractivity contribution in [2.24, 2.45) is 5.92 Å². The molecule has 2 atom stereocenters. The SMILES string of the molecule is Cc1cc(C)c(COC2CNCCC2C)c(C)c1. The van der Waals surface area contributed by atoms with Gasteiger partial charge in [-0.2, -0.15) is 0 Å². The largest absolute Gasteiger partial charge is 0.372 e. The molecular weight excluding hydrogens is 222 g/mol. The first-order chi connectivity index (χ1) is 8.58. The molecule has 0 aliphatic carbocycles. The second kappa shape index (κ2) is 5.85. The van der Waals surface area contributed by atoms with Crippen molar-refractivity contribution < 1.29 is 4.74 Å². The highest BCUT2D eigenvalue weighted by atomic mass is 16.5. The van der Waals surface area contributed by atoms with E-state index in [1.165, 1.54) is 28.7 Å². The van der Waals surface area contributed by atoms with E-state index in [1.807, 2.05) is 0 Å². The van der Waals surface area contributed by atoms with Gasteiger partial charge in [-0.1, -0.05) is 24.6 Å². The van der Waals surface area contributed by atoms with Crippen molar-refractivity contribution in [1.82, 2.24) is 5.32 Å². The van der Waals surface area contributed by atoms with E-state index < -0.39 is 0 Å². The zero-order valence-electron chi connectivity index (χ0n) is 12.0. The fraction of sp³-hybridized carbons (Fsp3) is 0.625. The van der Waals surface area contributed by atoms with Crippen LogP contribution < -0.4 is 5.32 Å². The highest BCUT2D eigenvalue weighted by molar-refractivity contribution is 5.36. The molecule has 0 bridgehead atoms. The lowest BCUT2D eigenvalue weighted by Gasteiger charge is -2.30. The first kappa shape index (κ1) is 13.6. The van der Waals surface area contributed by atoms with E-state index in [9.17, 15) is 0 Å². The number of hydrogen-bond acceptors (Lipinski definition) is 2. The summed E-state index contributed by atoms with van der Waals surface area (Å²) in [5.74, 6) is 0.664. The third-order valence-corrected chi connectivity index (χ3v) is 4.04. The van der Waals surface area contributed by atoms with Gasteiger partial charge in [0.25, 0.3) is 0 Å². The van der Waals surface area contributed by atoms with Gasteiger partial charge in [-0.05, 0) is 56.3 Å². The van der Waals surface area contributed by atoms with Gasteiger partial charge in [0, 0.05) is 6.54 Å². The summed E-state index contributed by atoms with van der Waals surface area (Å²) >= 11 is 0. The third-order valence-electron chi connectivity index (χ3n) is 4.04. The van der Waals surface area contributed by atoms with Crippen LogP contribution in [0.1, 0.15) is 35.6 Å². The van der Waals surface area contributed by atoms with Gasteiger partial charge in [-0.3, -0.25) is 0 Å². The van der Waals surface area contributed by atoms with E-state index in [0.717, 1.165) is 19.7 Å². The number of rotatable bonds is 3. The van der Waals surface area contributed by atoms with Gasteiger partial charge in [0.1, 0.15) is 0 Å². The summed E-state index contributed by atoms with van der Waals surface area (Å²) in [6.07, 6.45) is 1.58. The molecule has 2 nitrogen and oxygen atoms in total. The van der Waals surface area contributed by atoms with Crippen molar-refractivity contribution >= 4 is 0 Å². The Morgan fingerprint density at radius 2 is 1.89 bits per heavy atom. The van der Waals surface area contributed by atoms with Gasteiger partial charge in [-0.15, -0.1) is 0 Å². The average Bonchev–Trinajstić information content (AvgIpc) is 2.30. The molecule has 0 amide bonds. The average molecular weight is 247 g/mol. The molecule has 2 heteroatoms. The lowest BCUT2D eigenvalue weighted by Crippen LogP contribution is -2.41. The standard InChI is InChI=1S/C16H25NO/c1-11-7-13(3)15(14(4)8-11)10-18-16-9-17-6-5-12(16)2/h7-8,12,16-17H,5-6,9-10H2,1-4H3. The van der Waals surface area contributed by atoms with E-state index in [-0.39, 0.29) is 0 Å². The summed E-state index contributed by atoms with van der Waals surface area (Å²) in [5, 5.41) is 3.41. The fourth-order valence-electron chi connectivity index (χ4n) is 2.81. The Kier molecular flexibility index (Phi) is 4.41. The zero-order chi connectivity index (χ0) is 13.1.